The highest BCUT2D eigenvalue weighted by Crippen LogP contribution is 2.33. The van der Waals surface area contributed by atoms with Gasteiger partial charge < -0.3 is 14.7 Å². The van der Waals surface area contributed by atoms with E-state index in [0.29, 0.717) is 32.0 Å². The first-order chi connectivity index (χ1) is 8.55. The van der Waals surface area contributed by atoms with Crippen molar-refractivity contribution in [3.63, 3.8) is 0 Å². The summed E-state index contributed by atoms with van der Waals surface area (Å²) in [6, 6.07) is 1.75. The molecule has 2 rings (SSSR count). The summed E-state index contributed by atoms with van der Waals surface area (Å²) in [6.07, 6.45) is 2.06. The molecule has 1 aliphatic heterocycles. The van der Waals surface area contributed by atoms with Gasteiger partial charge >= 0.3 is 5.97 Å². The van der Waals surface area contributed by atoms with Crippen LogP contribution in [0.25, 0.3) is 0 Å². The van der Waals surface area contributed by atoms with Crippen LogP contribution in [0.4, 0.5) is 5.82 Å². The second-order valence-electron chi connectivity index (χ2n) is 4.68. The van der Waals surface area contributed by atoms with Crippen molar-refractivity contribution in [3.05, 3.63) is 12.4 Å². The summed E-state index contributed by atoms with van der Waals surface area (Å²) in [6.45, 7) is 5.35. The number of nitrogens with zero attached hydrogens (tertiary/aromatic N) is 3. The minimum Gasteiger partial charge on any atom is -0.481 e. The molecule has 0 aromatic carbocycles. The number of aromatic nitrogens is 2. The van der Waals surface area contributed by atoms with Crippen molar-refractivity contribution in [2.24, 2.45) is 5.41 Å². The summed E-state index contributed by atoms with van der Waals surface area (Å²) in [5, 5.41) is 9.19. The van der Waals surface area contributed by atoms with Gasteiger partial charge in [0.2, 0.25) is 5.88 Å². The Kier molecular flexibility index (Phi) is 3.36. The average molecular weight is 251 g/mol. The van der Waals surface area contributed by atoms with E-state index in [9.17, 15) is 9.90 Å². The topological polar surface area (TPSA) is 75.5 Å². The van der Waals surface area contributed by atoms with E-state index < -0.39 is 11.4 Å². The zero-order valence-electron chi connectivity index (χ0n) is 10.6. The Morgan fingerprint density at radius 3 is 3.00 bits per heavy atom. The maximum atomic E-state index is 11.2. The Balaban J connectivity index is 2.14. The molecule has 0 amide bonds. The van der Waals surface area contributed by atoms with Gasteiger partial charge in [-0.25, -0.2) is 9.97 Å². The number of carboxylic acids is 1. The molecule has 18 heavy (non-hydrogen) atoms. The van der Waals surface area contributed by atoms with Crippen LogP contribution in [0.15, 0.2) is 12.4 Å². The Labute approximate surface area is 106 Å². The van der Waals surface area contributed by atoms with Crippen molar-refractivity contribution in [3.8, 4) is 5.88 Å². The standard InChI is InChI=1S/C12H17N3O3/c1-3-18-10-6-9(13-8-14-10)15-5-4-12(2,7-15)11(16)17/h6,8H,3-5,7H2,1-2H3,(H,16,17). The van der Waals surface area contributed by atoms with Crippen molar-refractivity contribution in [1.82, 2.24) is 9.97 Å². The van der Waals surface area contributed by atoms with Gasteiger partial charge in [-0.1, -0.05) is 0 Å². The molecule has 1 aliphatic rings. The molecule has 6 nitrogen and oxygen atoms in total. The molecule has 0 bridgehead atoms. The molecule has 1 aromatic rings. The third-order valence-electron chi connectivity index (χ3n) is 3.23. The highest BCUT2D eigenvalue weighted by molar-refractivity contribution is 5.76. The van der Waals surface area contributed by atoms with Crippen molar-refractivity contribution < 1.29 is 14.6 Å². The van der Waals surface area contributed by atoms with Crippen LogP contribution in [-0.4, -0.2) is 40.7 Å². The van der Waals surface area contributed by atoms with Gasteiger partial charge in [-0.05, 0) is 20.3 Å². The number of carbonyl (C=O) groups is 1. The van der Waals surface area contributed by atoms with Crippen LogP contribution in [0, 0.1) is 5.41 Å². The normalized spacial score (nSPS) is 23.1. The highest BCUT2D eigenvalue weighted by atomic mass is 16.5. The zero-order valence-corrected chi connectivity index (χ0v) is 10.6. The quantitative estimate of drug-likeness (QED) is 0.866. The number of carboxylic acid groups (broad SMARTS) is 1. The molecule has 0 saturated carbocycles. The molecular formula is C12H17N3O3. The van der Waals surface area contributed by atoms with Crippen LogP contribution in [-0.2, 0) is 4.79 Å². The summed E-state index contributed by atoms with van der Waals surface area (Å²) >= 11 is 0. The fourth-order valence-corrected chi connectivity index (χ4v) is 2.06. The first-order valence-electron chi connectivity index (χ1n) is 5.98. The van der Waals surface area contributed by atoms with Crippen molar-refractivity contribution in [2.75, 3.05) is 24.6 Å². The third kappa shape index (κ3) is 2.37. The zero-order chi connectivity index (χ0) is 13.2. The molecule has 0 radical (unpaired) electrons. The second kappa shape index (κ2) is 4.80. The van der Waals surface area contributed by atoms with Crippen LogP contribution in [0.1, 0.15) is 20.3 Å². The molecule has 6 heteroatoms. The van der Waals surface area contributed by atoms with Gasteiger partial charge in [-0.3, -0.25) is 4.79 Å². The minimum absolute atomic E-state index is 0.463. The number of hydrogen-bond acceptors (Lipinski definition) is 5. The van der Waals surface area contributed by atoms with E-state index in [-0.39, 0.29) is 0 Å². The van der Waals surface area contributed by atoms with Crippen LogP contribution in [0.5, 0.6) is 5.88 Å². The summed E-state index contributed by atoms with van der Waals surface area (Å²) in [7, 11) is 0. The highest BCUT2D eigenvalue weighted by Gasteiger charge is 2.40. The maximum absolute atomic E-state index is 11.2. The van der Waals surface area contributed by atoms with Crippen LogP contribution in [0.3, 0.4) is 0 Å². The van der Waals surface area contributed by atoms with Crippen LogP contribution in [0.2, 0.25) is 0 Å². The summed E-state index contributed by atoms with van der Waals surface area (Å²) in [4.78, 5) is 21.3. The lowest BCUT2D eigenvalue weighted by atomic mass is 9.90. The van der Waals surface area contributed by atoms with Crippen molar-refractivity contribution >= 4 is 11.8 Å². The van der Waals surface area contributed by atoms with E-state index in [1.807, 2.05) is 11.8 Å². The largest absolute Gasteiger partial charge is 0.481 e. The van der Waals surface area contributed by atoms with Crippen LogP contribution >= 0.6 is 0 Å². The van der Waals surface area contributed by atoms with Crippen LogP contribution < -0.4 is 9.64 Å². The molecule has 1 saturated heterocycles. The van der Waals surface area contributed by atoms with E-state index in [1.165, 1.54) is 6.33 Å². The number of anilines is 1. The number of ether oxygens (including phenoxy) is 1. The monoisotopic (exact) mass is 251 g/mol. The minimum atomic E-state index is -0.760. The van der Waals surface area contributed by atoms with Gasteiger partial charge in [0.25, 0.3) is 0 Å². The lowest BCUT2D eigenvalue weighted by Gasteiger charge is -2.20. The van der Waals surface area contributed by atoms with Gasteiger partial charge in [0, 0.05) is 19.2 Å². The SMILES string of the molecule is CCOc1cc(N2CCC(C)(C(=O)O)C2)ncn1. The first kappa shape index (κ1) is 12.6. The lowest BCUT2D eigenvalue weighted by Crippen LogP contribution is -2.32. The smallest absolute Gasteiger partial charge is 0.311 e. The predicted octanol–water partition coefficient (Wildman–Crippen LogP) is 1.18. The molecule has 1 fully saturated rings. The molecule has 1 aromatic heterocycles. The number of rotatable bonds is 4. The predicted molar refractivity (Wildman–Crippen MR) is 65.8 cm³/mol. The van der Waals surface area contributed by atoms with E-state index in [2.05, 4.69) is 9.97 Å². The number of hydrogen-bond donors (Lipinski definition) is 1. The number of aliphatic carboxylic acids is 1. The Hall–Kier alpha value is -1.85. The van der Waals surface area contributed by atoms with Gasteiger partial charge in [0.05, 0.1) is 12.0 Å². The fraction of sp³-hybridized carbons (Fsp3) is 0.583. The summed E-state index contributed by atoms with van der Waals surface area (Å²) < 4.78 is 5.31. The third-order valence-corrected chi connectivity index (χ3v) is 3.23. The van der Waals surface area contributed by atoms with E-state index in [1.54, 1.807) is 13.0 Å². The van der Waals surface area contributed by atoms with Gasteiger partial charge in [0.1, 0.15) is 12.1 Å². The maximum Gasteiger partial charge on any atom is 0.311 e. The van der Waals surface area contributed by atoms with Crippen molar-refractivity contribution in [2.45, 2.75) is 20.3 Å². The van der Waals surface area contributed by atoms with E-state index in [0.717, 1.165) is 5.82 Å². The van der Waals surface area contributed by atoms with Gasteiger partial charge in [0.15, 0.2) is 0 Å². The lowest BCUT2D eigenvalue weighted by molar-refractivity contribution is -0.146. The van der Waals surface area contributed by atoms with Crippen molar-refractivity contribution in [1.29, 1.82) is 0 Å². The molecule has 1 unspecified atom stereocenters. The fourth-order valence-electron chi connectivity index (χ4n) is 2.06. The molecule has 0 aliphatic carbocycles. The van der Waals surface area contributed by atoms with E-state index >= 15 is 0 Å². The molecule has 98 valence electrons. The molecule has 1 atom stereocenters. The van der Waals surface area contributed by atoms with Gasteiger partial charge in [-0.2, -0.15) is 0 Å². The molecule has 1 N–H and O–H groups in total. The second-order valence-corrected chi connectivity index (χ2v) is 4.68. The molecule has 2 heterocycles. The molecule has 0 spiro atoms. The first-order valence-corrected chi connectivity index (χ1v) is 5.98. The van der Waals surface area contributed by atoms with E-state index in [4.69, 9.17) is 4.74 Å². The summed E-state index contributed by atoms with van der Waals surface area (Å²) in [5.74, 6) is 0.481. The van der Waals surface area contributed by atoms with Gasteiger partial charge in [-0.15, -0.1) is 0 Å². The summed E-state index contributed by atoms with van der Waals surface area (Å²) in [5.41, 5.74) is -0.698. The Morgan fingerprint density at radius 2 is 2.39 bits per heavy atom. The average Bonchev–Trinajstić information content (AvgIpc) is 2.74. The molecular weight excluding hydrogens is 234 g/mol. The Morgan fingerprint density at radius 1 is 1.61 bits per heavy atom. The Bertz CT molecular complexity index is 452.